The molecule has 5 aromatic rings. The van der Waals surface area contributed by atoms with Gasteiger partial charge in [0.2, 0.25) is 0 Å². The lowest BCUT2D eigenvalue weighted by molar-refractivity contribution is 0.463. The third-order valence-electron chi connectivity index (χ3n) is 4.05. The van der Waals surface area contributed by atoms with E-state index in [4.69, 9.17) is 4.42 Å². The molecule has 3 aromatic heterocycles. The number of nitrogens with zero attached hydrogens (tertiary/aromatic N) is 2. The van der Waals surface area contributed by atoms with Crippen molar-refractivity contribution in [2.45, 2.75) is 9.99 Å². The summed E-state index contributed by atoms with van der Waals surface area (Å²) in [5.74, 6) is 0.631. The molecular formula is C20H11BrN2O2S2. The molecule has 0 bridgehead atoms. The van der Waals surface area contributed by atoms with Gasteiger partial charge in [-0.15, -0.1) is 0 Å². The maximum atomic E-state index is 12.8. The number of furan rings is 1. The molecule has 0 radical (unpaired) electrons. The molecule has 0 aliphatic rings. The van der Waals surface area contributed by atoms with Crippen molar-refractivity contribution in [2.75, 3.05) is 0 Å². The number of hydrogen-bond donors (Lipinski definition) is 0. The van der Waals surface area contributed by atoms with Gasteiger partial charge in [-0.25, -0.2) is 9.38 Å². The van der Waals surface area contributed by atoms with Crippen LogP contribution in [-0.2, 0) is 0 Å². The van der Waals surface area contributed by atoms with Crippen LogP contribution < -0.4 is 10.1 Å². The number of thiazole rings is 1. The molecule has 132 valence electrons. The van der Waals surface area contributed by atoms with Crippen molar-refractivity contribution in [1.82, 2.24) is 9.38 Å². The van der Waals surface area contributed by atoms with Gasteiger partial charge in [-0.2, -0.15) is 0 Å². The second kappa shape index (κ2) is 6.67. The SMILES string of the molecule is O=c1/c(=C/c2cc(Br)c(Sc3ccccc3)o2)sc2nc3ccccc3n12. The Hall–Kier alpha value is -2.35. The summed E-state index contributed by atoms with van der Waals surface area (Å²) < 4.78 is 9.05. The average molecular weight is 455 g/mol. The lowest BCUT2D eigenvalue weighted by Gasteiger charge is -1.97. The third kappa shape index (κ3) is 3.01. The van der Waals surface area contributed by atoms with E-state index in [1.807, 2.05) is 60.7 Å². The lowest BCUT2D eigenvalue weighted by atomic mass is 10.3. The zero-order valence-electron chi connectivity index (χ0n) is 13.8. The molecule has 7 heteroatoms. The van der Waals surface area contributed by atoms with E-state index in [0.717, 1.165) is 25.5 Å². The Morgan fingerprint density at radius 1 is 1.11 bits per heavy atom. The van der Waals surface area contributed by atoms with Gasteiger partial charge in [0, 0.05) is 11.0 Å². The molecule has 27 heavy (non-hydrogen) atoms. The predicted octanol–water partition coefficient (Wildman–Crippen LogP) is 4.96. The quantitative estimate of drug-likeness (QED) is 0.386. The van der Waals surface area contributed by atoms with E-state index in [2.05, 4.69) is 20.9 Å². The molecule has 0 N–H and O–H groups in total. The Balaban J connectivity index is 1.58. The van der Waals surface area contributed by atoms with Crippen LogP contribution >= 0.6 is 39.0 Å². The lowest BCUT2D eigenvalue weighted by Crippen LogP contribution is -2.22. The number of para-hydroxylation sites is 2. The number of halogens is 1. The Labute approximate surface area is 170 Å². The molecule has 5 rings (SSSR count). The van der Waals surface area contributed by atoms with E-state index < -0.39 is 0 Å². The van der Waals surface area contributed by atoms with E-state index in [-0.39, 0.29) is 5.56 Å². The molecular weight excluding hydrogens is 444 g/mol. The Morgan fingerprint density at radius 3 is 2.74 bits per heavy atom. The minimum atomic E-state index is -0.0755. The average Bonchev–Trinajstić information content (AvgIpc) is 3.30. The smallest absolute Gasteiger partial charge is 0.275 e. The van der Waals surface area contributed by atoms with Gasteiger partial charge in [-0.3, -0.25) is 4.79 Å². The van der Waals surface area contributed by atoms with Gasteiger partial charge in [0.25, 0.3) is 5.56 Å². The highest BCUT2D eigenvalue weighted by molar-refractivity contribution is 9.10. The molecule has 2 aromatic carbocycles. The number of hydrogen-bond acceptors (Lipinski definition) is 5. The van der Waals surface area contributed by atoms with Crippen LogP contribution in [0.25, 0.3) is 22.1 Å². The van der Waals surface area contributed by atoms with Gasteiger partial charge in [-0.1, -0.05) is 53.4 Å². The molecule has 0 saturated heterocycles. The second-order valence-corrected chi connectivity index (χ2v) is 8.74. The fourth-order valence-electron chi connectivity index (χ4n) is 2.85. The molecule has 0 fully saturated rings. The third-order valence-corrected chi connectivity index (χ3v) is 6.86. The second-order valence-electron chi connectivity index (χ2n) is 5.83. The highest BCUT2D eigenvalue weighted by atomic mass is 79.9. The number of benzene rings is 2. The van der Waals surface area contributed by atoms with Crippen molar-refractivity contribution >= 4 is 61.1 Å². The van der Waals surface area contributed by atoms with Crippen molar-refractivity contribution in [3.8, 4) is 0 Å². The van der Waals surface area contributed by atoms with Crippen molar-refractivity contribution in [2.24, 2.45) is 0 Å². The zero-order valence-corrected chi connectivity index (χ0v) is 17.0. The molecule has 0 amide bonds. The predicted molar refractivity (Wildman–Crippen MR) is 113 cm³/mol. The number of aromatic nitrogens is 2. The van der Waals surface area contributed by atoms with E-state index in [1.165, 1.54) is 23.1 Å². The molecule has 0 atom stereocenters. The summed E-state index contributed by atoms with van der Waals surface area (Å²) in [5.41, 5.74) is 1.58. The Morgan fingerprint density at radius 2 is 1.89 bits per heavy atom. The van der Waals surface area contributed by atoms with Gasteiger partial charge in [0.1, 0.15) is 10.3 Å². The summed E-state index contributed by atoms with van der Waals surface area (Å²) in [4.78, 5) is 19.1. The van der Waals surface area contributed by atoms with E-state index >= 15 is 0 Å². The van der Waals surface area contributed by atoms with Crippen molar-refractivity contribution in [3.05, 3.63) is 85.8 Å². The molecule has 0 aliphatic carbocycles. The Kier molecular flexibility index (Phi) is 4.15. The fourth-order valence-corrected chi connectivity index (χ4v) is 5.16. The number of rotatable bonds is 3. The van der Waals surface area contributed by atoms with Crippen LogP contribution in [0.15, 0.2) is 84.3 Å². The minimum Gasteiger partial charge on any atom is -0.449 e. The highest BCUT2D eigenvalue weighted by Gasteiger charge is 2.13. The summed E-state index contributed by atoms with van der Waals surface area (Å²) in [5, 5.41) is 0.756. The van der Waals surface area contributed by atoms with Crippen molar-refractivity contribution in [3.63, 3.8) is 0 Å². The fraction of sp³-hybridized carbons (Fsp3) is 0. The van der Waals surface area contributed by atoms with Crippen LogP contribution in [0.3, 0.4) is 0 Å². The minimum absolute atomic E-state index is 0.0755. The van der Waals surface area contributed by atoms with E-state index in [1.54, 1.807) is 10.5 Å². The van der Waals surface area contributed by atoms with Crippen molar-refractivity contribution < 1.29 is 4.42 Å². The Bertz CT molecular complexity index is 1390. The summed E-state index contributed by atoms with van der Waals surface area (Å²) in [6.07, 6.45) is 1.77. The summed E-state index contributed by atoms with van der Waals surface area (Å²) >= 11 is 6.44. The van der Waals surface area contributed by atoms with Crippen LogP contribution in [0.5, 0.6) is 0 Å². The van der Waals surface area contributed by atoms with Gasteiger partial charge in [0.05, 0.1) is 15.5 Å². The molecule has 0 aliphatic heterocycles. The first-order valence-corrected chi connectivity index (χ1v) is 10.6. The van der Waals surface area contributed by atoms with E-state index in [0.29, 0.717) is 15.3 Å². The monoisotopic (exact) mass is 454 g/mol. The van der Waals surface area contributed by atoms with Gasteiger partial charge < -0.3 is 4.42 Å². The standard InChI is InChI=1S/C20H11BrN2O2S2/c21-14-10-12(25-19(14)26-13-6-2-1-3-7-13)11-17-18(24)23-16-9-5-4-8-15(16)22-20(23)27-17/h1-11H/b17-11-. The van der Waals surface area contributed by atoms with Crippen LogP contribution in [0.2, 0.25) is 0 Å². The maximum absolute atomic E-state index is 12.8. The van der Waals surface area contributed by atoms with Crippen LogP contribution in [-0.4, -0.2) is 9.38 Å². The van der Waals surface area contributed by atoms with Gasteiger partial charge in [-0.05, 0) is 46.3 Å². The van der Waals surface area contributed by atoms with Crippen molar-refractivity contribution in [1.29, 1.82) is 0 Å². The van der Waals surface area contributed by atoms with Crippen LogP contribution in [0, 0.1) is 0 Å². The molecule has 3 heterocycles. The number of fused-ring (bicyclic) bond motifs is 3. The zero-order chi connectivity index (χ0) is 18.4. The molecule has 4 nitrogen and oxygen atoms in total. The van der Waals surface area contributed by atoms with Gasteiger partial charge >= 0.3 is 0 Å². The molecule has 0 saturated carbocycles. The van der Waals surface area contributed by atoms with Crippen LogP contribution in [0.1, 0.15) is 5.76 Å². The van der Waals surface area contributed by atoms with Gasteiger partial charge in [0.15, 0.2) is 10.1 Å². The summed E-state index contributed by atoms with van der Waals surface area (Å²) in [6.45, 7) is 0. The maximum Gasteiger partial charge on any atom is 0.275 e. The topological polar surface area (TPSA) is 47.5 Å². The summed E-state index contributed by atoms with van der Waals surface area (Å²) in [7, 11) is 0. The first kappa shape index (κ1) is 16.8. The first-order valence-electron chi connectivity index (χ1n) is 8.13. The largest absolute Gasteiger partial charge is 0.449 e. The highest BCUT2D eigenvalue weighted by Crippen LogP contribution is 2.36. The first-order chi connectivity index (χ1) is 13.2. The van der Waals surface area contributed by atoms with E-state index in [9.17, 15) is 4.79 Å². The summed E-state index contributed by atoms with van der Waals surface area (Å²) in [6, 6.07) is 19.5. The normalized spacial score (nSPS) is 12.4. The molecule has 0 unspecified atom stereocenters. The molecule has 0 spiro atoms. The number of imidazole rings is 1. The van der Waals surface area contributed by atoms with Crippen LogP contribution in [0.4, 0.5) is 0 Å².